The van der Waals surface area contributed by atoms with Crippen LogP contribution in [0.15, 0.2) is 30.7 Å². The second kappa shape index (κ2) is 7.00. The van der Waals surface area contributed by atoms with Crippen molar-refractivity contribution >= 4 is 6.03 Å². The van der Waals surface area contributed by atoms with Gasteiger partial charge in [-0.2, -0.15) is 0 Å². The lowest BCUT2D eigenvalue weighted by molar-refractivity contribution is 0.113. The molecule has 0 spiro atoms. The third kappa shape index (κ3) is 3.91. The number of aliphatic hydroxyl groups excluding tert-OH is 1. The van der Waals surface area contributed by atoms with Crippen LogP contribution < -0.4 is 5.32 Å². The maximum atomic E-state index is 12.1. The Morgan fingerprint density at radius 2 is 2.25 bits per heavy atom. The minimum atomic E-state index is -0.417. The Bertz CT molecular complexity index is 693. The maximum Gasteiger partial charge on any atom is 0.317 e. The summed E-state index contributed by atoms with van der Waals surface area (Å²) in [4.78, 5) is 22.2. The number of carbonyl (C=O) groups excluding carboxylic acids is 1. The van der Waals surface area contributed by atoms with E-state index in [1.54, 1.807) is 19.4 Å². The van der Waals surface area contributed by atoms with Crippen molar-refractivity contribution in [2.45, 2.75) is 32.4 Å². The molecule has 128 valence electrons. The number of imidazole rings is 1. The molecule has 2 heterocycles. The number of aliphatic hydroxyl groups is 1. The summed E-state index contributed by atoms with van der Waals surface area (Å²) in [5.41, 5.74) is 0.918. The van der Waals surface area contributed by atoms with Gasteiger partial charge in [-0.05, 0) is 37.3 Å². The van der Waals surface area contributed by atoms with Crippen LogP contribution in [0.5, 0.6) is 0 Å². The van der Waals surface area contributed by atoms with Crippen molar-refractivity contribution in [1.82, 2.24) is 24.8 Å². The van der Waals surface area contributed by atoms with Gasteiger partial charge in [-0.1, -0.05) is 6.07 Å². The molecule has 0 radical (unpaired) electrons. The number of amides is 2. The molecule has 1 aliphatic rings. The predicted octanol–water partition coefficient (Wildman–Crippen LogP) is 1.49. The zero-order valence-corrected chi connectivity index (χ0v) is 14.0. The van der Waals surface area contributed by atoms with Crippen LogP contribution in [0.25, 0.3) is 5.82 Å². The number of nitrogens with one attached hydrogen (secondary N) is 1. The highest BCUT2D eigenvalue weighted by Gasteiger charge is 2.31. The first kappa shape index (κ1) is 16.4. The Morgan fingerprint density at radius 3 is 2.83 bits per heavy atom. The van der Waals surface area contributed by atoms with Crippen molar-refractivity contribution in [2.24, 2.45) is 5.92 Å². The third-order valence-corrected chi connectivity index (χ3v) is 4.30. The molecule has 3 rings (SSSR count). The average Bonchev–Trinajstić information content (AvgIpc) is 3.35. The summed E-state index contributed by atoms with van der Waals surface area (Å²) in [5.74, 6) is 2.03. The fourth-order valence-corrected chi connectivity index (χ4v) is 2.59. The van der Waals surface area contributed by atoms with Gasteiger partial charge in [0.2, 0.25) is 0 Å². The molecule has 0 bridgehead atoms. The Balaban J connectivity index is 1.50. The highest BCUT2D eigenvalue weighted by atomic mass is 16.3. The molecule has 2 aromatic heterocycles. The number of carbonyl (C=O) groups is 1. The van der Waals surface area contributed by atoms with Crippen molar-refractivity contribution in [1.29, 1.82) is 0 Å². The summed E-state index contributed by atoms with van der Waals surface area (Å²) in [6, 6.07) is 3.64. The molecule has 2 amide bonds. The van der Waals surface area contributed by atoms with Gasteiger partial charge < -0.3 is 15.3 Å². The maximum absolute atomic E-state index is 12.1. The van der Waals surface area contributed by atoms with Gasteiger partial charge in [0.1, 0.15) is 11.6 Å². The first-order valence-electron chi connectivity index (χ1n) is 8.17. The predicted molar refractivity (Wildman–Crippen MR) is 89.7 cm³/mol. The molecular weight excluding hydrogens is 306 g/mol. The molecule has 2 N–H and O–H groups in total. The highest BCUT2D eigenvalue weighted by Crippen LogP contribution is 2.32. The van der Waals surface area contributed by atoms with Gasteiger partial charge in [0, 0.05) is 38.7 Å². The second-order valence-electron chi connectivity index (χ2n) is 6.31. The fourth-order valence-electron chi connectivity index (χ4n) is 2.59. The van der Waals surface area contributed by atoms with Crippen molar-refractivity contribution < 1.29 is 9.90 Å². The molecule has 1 saturated carbocycles. The van der Waals surface area contributed by atoms with E-state index in [1.807, 2.05) is 29.8 Å². The molecule has 1 fully saturated rings. The quantitative estimate of drug-likeness (QED) is 0.841. The normalized spacial score (nSPS) is 15.1. The van der Waals surface area contributed by atoms with E-state index >= 15 is 0 Å². The van der Waals surface area contributed by atoms with Crippen LogP contribution in [0.1, 0.15) is 24.2 Å². The molecule has 1 aliphatic carbocycles. The Kier molecular flexibility index (Phi) is 4.80. The van der Waals surface area contributed by atoms with E-state index in [4.69, 9.17) is 0 Å². The molecule has 1 atom stereocenters. The molecule has 0 aromatic carbocycles. The number of aromatic nitrogens is 3. The van der Waals surface area contributed by atoms with Gasteiger partial charge in [0.15, 0.2) is 0 Å². The molecule has 7 heteroatoms. The van der Waals surface area contributed by atoms with Gasteiger partial charge in [-0.15, -0.1) is 0 Å². The van der Waals surface area contributed by atoms with Crippen molar-refractivity contribution in [3.63, 3.8) is 0 Å². The molecular formula is C17H23N5O2. The van der Waals surface area contributed by atoms with Gasteiger partial charge in [-0.25, -0.2) is 14.8 Å². The van der Waals surface area contributed by atoms with E-state index in [-0.39, 0.29) is 6.03 Å². The summed E-state index contributed by atoms with van der Waals surface area (Å²) < 4.78 is 1.90. The molecule has 0 saturated heterocycles. The Hall–Kier alpha value is -2.41. The van der Waals surface area contributed by atoms with Crippen LogP contribution in [0.2, 0.25) is 0 Å². The molecule has 24 heavy (non-hydrogen) atoms. The summed E-state index contributed by atoms with van der Waals surface area (Å²) in [6.07, 6.45) is 7.04. The number of urea groups is 1. The van der Waals surface area contributed by atoms with E-state index in [0.717, 1.165) is 30.0 Å². The third-order valence-electron chi connectivity index (χ3n) is 4.30. The van der Waals surface area contributed by atoms with Gasteiger partial charge in [0.05, 0.1) is 6.10 Å². The van der Waals surface area contributed by atoms with E-state index in [0.29, 0.717) is 19.0 Å². The Labute approximate surface area is 141 Å². The van der Waals surface area contributed by atoms with Crippen LogP contribution in [-0.4, -0.2) is 50.3 Å². The number of hydrogen-bond acceptors (Lipinski definition) is 4. The van der Waals surface area contributed by atoms with Crippen LogP contribution in [-0.2, 0) is 6.54 Å². The summed E-state index contributed by atoms with van der Waals surface area (Å²) in [5, 5.41) is 12.7. The monoisotopic (exact) mass is 329 g/mol. The zero-order chi connectivity index (χ0) is 17.1. The van der Waals surface area contributed by atoms with Gasteiger partial charge in [0.25, 0.3) is 0 Å². The zero-order valence-electron chi connectivity index (χ0n) is 14.0. The average molecular weight is 329 g/mol. The van der Waals surface area contributed by atoms with Crippen molar-refractivity contribution in [3.05, 3.63) is 42.1 Å². The number of hydrogen-bond donors (Lipinski definition) is 2. The van der Waals surface area contributed by atoms with Crippen molar-refractivity contribution in [3.8, 4) is 5.82 Å². The summed E-state index contributed by atoms with van der Waals surface area (Å²) in [7, 11) is 1.70. The van der Waals surface area contributed by atoms with Gasteiger partial charge in [-0.3, -0.25) is 4.57 Å². The van der Waals surface area contributed by atoms with Gasteiger partial charge >= 0.3 is 6.03 Å². The summed E-state index contributed by atoms with van der Waals surface area (Å²) >= 11 is 0. The minimum absolute atomic E-state index is 0.191. The highest BCUT2D eigenvalue weighted by molar-refractivity contribution is 5.73. The SMILES string of the molecule is Cc1nccn1-c1ccc(CNC(=O)N(C)CC(O)C2CC2)cn1. The summed E-state index contributed by atoms with van der Waals surface area (Å²) in [6.45, 7) is 2.69. The van der Waals surface area contributed by atoms with Crippen molar-refractivity contribution in [2.75, 3.05) is 13.6 Å². The minimum Gasteiger partial charge on any atom is -0.391 e. The lowest BCUT2D eigenvalue weighted by atomic mass is 10.2. The van der Waals surface area contributed by atoms with E-state index < -0.39 is 6.10 Å². The lowest BCUT2D eigenvalue weighted by Gasteiger charge is -2.21. The molecule has 2 aromatic rings. The molecule has 7 nitrogen and oxygen atoms in total. The molecule has 0 aliphatic heterocycles. The van der Waals surface area contributed by atoms with Crippen LogP contribution in [0.3, 0.4) is 0 Å². The first-order chi connectivity index (χ1) is 11.5. The van der Waals surface area contributed by atoms with Crippen LogP contribution in [0, 0.1) is 12.8 Å². The fraction of sp³-hybridized carbons (Fsp3) is 0.471. The Morgan fingerprint density at radius 1 is 1.46 bits per heavy atom. The number of aryl methyl sites for hydroxylation is 1. The lowest BCUT2D eigenvalue weighted by Crippen LogP contribution is -2.41. The topological polar surface area (TPSA) is 83.3 Å². The number of pyridine rings is 1. The smallest absolute Gasteiger partial charge is 0.317 e. The first-order valence-corrected chi connectivity index (χ1v) is 8.17. The van der Waals surface area contributed by atoms with Crippen LogP contribution >= 0.6 is 0 Å². The van der Waals surface area contributed by atoms with Crippen LogP contribution in [0.4, 0.5) is 4.79 Å². The standard InChI is InChI=1S/C17H23N5O2/c1-12-18-7-8-22(12)16-6-3-13(9-19-16)10-20-17(24)21(2)11-15(23)14-4-5-14/h3,6-9,14-15,23H,4-5,10-11H2,1-2H3,(H,20,24). The molecule has 1 unspecified atom stereocenters. The number of nitrogens with zero attached hydrogens (tertiary/aromatic N) is 4. The van der Waals surface area contributed by atoms with E-state index in [1.165, 1.54) is 4.90 Å². The second-order valence-corrected chi connectivity index (χ2v) is 6.31. The van der Waals surface area contributed by atoms with E-state index in [2.05, 4.69) is 15.3 Å². The largest absolute Gasteiger partial charge is 0.391 e. The number of likely N-dealkylation sites (N-methyl/N-ethyl adjacent to an activating group) is 1. The number of rotatable bonds is 6. The van der Waals surface area contributed by atoms with E-state index in [9.17, 15) is 9.90 Å².